The Morgan fingerprint density at radius 2 is 1.74 bits per heavy atom. The molecule has 2 aliphatic rings. The second-order valence-corrected chi connectivity index (χ2v) is 7.01. The van der Waals surface area contributed by atoms with Crippen molar-refractivity contribution < 1.29 is 4.79 Å². The topological polar surface area (TPSA) is 55.1 Å². The van der Waals surface area contributed by atoms with Crippen LogP contribution < -0.4 is 11.1 Å². The Bertz CT molecular complexity index is 295. The Labute approximate surface area is 117 Å². The maximum Gasteiger partial charge on any atom is 0.223 e. The highest BCUT2D eigenvalue weighted by Gasteiger charge is 2.32. The third-order valence-electron chi connectivity index (χ3n) is 5.07. The molecule has 0 radical (unpaired) electrons. The molecule has 0 aliphatic heterocycles. The van der Waals surface area contributed by atoms with E-state index in [2.05, 4.69) is 19.2 Å². The molecule has 3 heteroatoms. The Kier molecular flexibility index (Phi) is 5.26. The minimum Gasteiger partial charge on any atom is -0.353 e. The summed E-state index contributed by atoms with van der Waals surface area (Å²) in [6.45, 7) is 5.27. The van der Waals surface area contributed by atoms with Crippen molar-refractivity contribution in [1.29, 1.82) is 0 Å². The van der Waals surface area contributed by atoms with Crippen molar-refractivity contribution in [2.24, 2.45) is 29.4 Å². The molecular formula is C16H30N2O. The SMILES string of the molecule is CC1CC(C)CC(NC(=O)C2CCCCC2CN)C1. The van der Waals surface area contributed by atoms with Crippen molar-refractivity contribution in [3.63, 3.8) is 0 Å². The molecule has 3 nitrogen and oxygen atoms in total. The molecule has 0 saturated heterocycles. The summed E-state index contributed by atoms with van der Waals surface area (Å²) >= 11 is 0. The van der Waals surface area contributed by atoms with Gasteiger partial charge in [-0.15, -0.1) is 0 Å². The fourth-order valence-corrected chi connectivity index (χ4v) is 4.21. The molecule has 0 bridgehead atoms. The molecule has 110 valence electrons. The van der Waals surface area contributed by atoms with Gasteiger partial charge in [-0.2, -0.15) is 0 Å². The molecule has 4 unspecified atom stereocenters. The number of nitrogens with one attached hydrogen (secondary N) is 1. The molecule has 2 fully saturated rings. The highest BCUT2D eigenvalue weighted by Crippen LogP contribution is 2.32. The highest BCUT2D eigenvalue weighted by molar-refractivity contribution is 5.79. The minimum atomic E-state index is 0.172. The predicted molar refractivity (Wildman–Crippen MR) is 78.6 cm³/mol. The lowest BCUT2D eigenvalue weighted by Gasteiger charge is -2.35. The molecule has 0 spiro atoms. The monoisotopic (exact) mass is 266 g/mol. The van der Waals surface area contributed by atoms with Gasteiger partial charge < -0.3 is 11.1 Å². The van der Waals surface area contributed by atoms with Crippen LogP contribution in [0, 0.1) is 23.7 Å². The Morgan fingerprint density at radius 1 is 1.11 bits per heavy atom. The highest BCUT2D eigenvalue weighted by atomic mass is 16.2. The maximum atomic E-state index is 12.5. The number of amides is 1. The van der Waals surface area contributed by atoms with Crippen molar-refractivity contribution >= 4 is 5.91 Å². The molecule has 0 aromatic heterocycles. The standard InChI is InChI=1S/C16H30N2O/c1-11-7-12(2)9-14(8-11)18-16(19)15-6-4-3-5-13(15)10-17/h11-15H,3-10,17H2,1-2H3,(H,18,19). The van der Waals surface area contributed by atoms with E-state index in [0.717, 1.165) is 37.5 Å². The lowest BCUT2D eigenvalue weighted by Crippen LogP contribution is -2.46. The number of hydrogen-bond acceptors (Lipinski definition) is 2. The Hall–Kier alpha value is -0.570. The average molecular weight is 266 g/mol. The molecule has 4 atom stereocenters. The quantitative estimate of drug-likeness (QED) is 0.825. The minimum absolute atomic E-state index is 0.172. The van der Waals surface area contributed by atoms with Crippen LogP contribution in [0.2, 0.25) is 0 Å². The van der Waals surface area contributed by atoms with E-state index in [4.69, 9.17) is 5.73 Å². The predicted octanol–water partition coefficient (Wildman–Crippen LogP) is 2.69. The molecule has 0 aromatic rings. The maximum absolute atomic E-state index is 12.5. The molecule has 0 aromatic carbocycles. The van der Waals surface area contributed by atoms with E-state index in [-0.39, 0.29) is 11.8 Å². The summed E-state index contributed by atoms with van der Waals surface area (Å²) in [6, 6.07) is 0.395. The molecule has 0 heterocycles. The lowest BCUT2D eigenvalue weighted by atomic mass is 9.77. The third-order valence-corrected chi connectivity index (χ3v) is 5.07. The van der Waals surface area contributed by atoms with Crippen molar-refractivity contribution in [1.82, 2.24) is 5.32 Å². The molecular weight excluding hydrogens is 236 g/mol. The van der Waals surface area contributed by atoms with Gasteiger partial charge in [0.25, 0.3) is 0 Å². The summed E-state index contributed by atoms with van der Waals surface area (Å²) in [6.07, 6.45) is 8.19. The van der Waals surface area contributed by atoms with Gasteiger partial charge in [0.05, 0.1) is 0 Å². The van der Waals surface area contributed by atoms with Crippen LogP contribution in [-0.4, -0.2) is 18.5 Å². The summed E-state index contributed by atoms with van der Waals surface area (Å²) in [5, 5.41) is 3.32. The van der Waals surface area contributed by atoms with Crippen LogP contribution in [0.25, 0.3) is 0 Å². The van der Waals surface area contributed by atoms with E-state index in [1.54, 1.807) is 0 Å². The molecule has 2 rings (SSSR count). The first-order chi connectivity index (χ1) is 9.10. The molecule has 19 heavy (non-hydrogen) atoms. The van der Waals surface area contributed by atoms with Crippen molar-refractivity contribution in [2.45, 2.75) is 64.8 Å². The average Bonchev–Trinajstić information content (AvgIpc) is 2.37. The zero-order valence-electron chi connectivity index (χ0n) is 12.5. The summed E-state index contributed by atoms with van der Waals surface area (Å²) in [5.74, 6) is 2.34. The van der Waals surface area contributed by atoms with Gasteiger partial charge in [-0.25, -0.2) is 0 Å². The van der Waals surface area contributed by atoms with Crippen LogP contribution >= 0.6 is 0 Å². The van der Waals surface area contributed by atoms with Gasteiger partial charge in [-0.1, -0.05) is 26.7 Å². The van der Waals surface area contributed by atoms with Crippen molar-refractivity contribution in [2.75, 3.05) is 6.54 Å². The smallest absolute Gasteiger partial charge is 0.223 e. The zero-order chi connectivity index (χ0) is 13.8. The normalized spacial score (nSPS) is 39.8. The van der Waals surface area contributed by atoms with Crippen molar-refractivity contribution in [3.05, 3.63) is 0 Å². The first-order valence-electron chi connectivity index (χ1n) is 8.10. The Morgan fingerprint density at radius 3 is 2.37 bits per heavy atom. The molecule has 3 N–H and O–H groups in total. The van der Waals surface area contributed by atoms with E-state index in [0.29, 0.717) is 18.5 Å². The summed E-state index contributed by atoms with van der Waals surface area (Å²) in [7, 11) is 0. The van der Waals surface area contributed by atoms with Gasteiger partial charge in [-0.05, 0) is 56.4 Å². The van der Waals surface area contributed by atoms with Gasteiger partial charge in [-0.3, -0.25) is 4.79 Å². The van der Waals surface area contributed by atoms with Crippen LogP contribution in [-0.2, 0) is 4.79 Å². The van der Waals surface area contributed by atoms with E-state index >= 15 is 0 Å². The zero-order valence-corrected chi connectivity index (χ0v) is 12.5. The number of rotatable bonds is 3. The van der Waals surface area contributed by atoms with Gasteiger partial charge in [0.2, 0.25) is 5.91 Å². The van der Waals surface area contributed by atoms with Gasteiger partial charge >= 0.3 is 0 Å². The number of hydrogen-bond donors (Lipinski definition) is 2. The van der Waals surface area contributed by atoms with Crippen LogP contribution in [0.5, 0.6) is 0 Å². The van der Waals surface area contributed by atoms with Gasteiger partial charge in [0, 0.05) is 12.0 Å². The largest absolute Gasteiger partial charge is 0.353 e. The Balaban J connectivity index is 1.88. The first kappa shape index (κ1) is 14.8. The van der Waals surface area contributed by atoms with E-state index in [1.807, 2.05) is 0 Å². The van der Waals surface area contributed by atoms with Crippen LogP contribution in [0.15, 0.2) is 0 Å². The second kappa shape index (κ2) is 6.74. The second-order valence-electron chi connectivity index (χ2n) is 7.01. The van der Waals surface area contributed by atoms with Crippen LogP contribution in [0.1, 0.15) is 58.8 Å². The summed E-state index contributed by atoms with van der Waals surface area (Å²) in [4.78, 5) is 12.5. The first-order valence-corrected chi connectivity index (χ1v) is 8.10. The summed E-state index contributed by atoms with van der Waals surface area (Å²) in [5.41, 5.74) is 5.83. The number of nitrogens with two attached hydrogens (primary N) is 1. The molecule has 1 amide bonds. The number of carbonyl (C=O) groups excluding carboxylic acids is 1. The lowest BCUT2D eigenvalue weighted by molar-refractivity contribution is -0.128. The number of carbonyl (C=O) groups is 1. The van der Waals surface area contributed by atoms with Gasteiger partial charge in [0.15, 0.2) is 0 Å². The van der Waals surface area contributed by atoms with Crippen LogP contribution in [0.4, 0.5) is 0 Å². The summed E-state index contributed by atoms with van der Waals surface area (Å²) < 4.78 is 0. The molecule has 2 saturated carbocycles. The van der Waals surface area contributed by atoms with Gasteiger partial charge in [0.1, 0.15) is 0 Å². The van der Waals surface area contributed by atoms with E-state index in [9.17, 15) is 4.79 Å². The van der Waals surface area contributed by atoms with E-state index in [1.165, 1.54) is 19.3 Å². The van der Waals surface area contributed by atoms with E-state index < -0.39 is 0 Å². The fourth-order valence-electron chi connectivity index (χ4n) is 4.21. The molecule has 2 aliphatic carbocycles. The fraction of sp³-hybridized carbons (Fsp3) is 0.938. The third kappa shape index (κ3) is 3.95. The van der Waals surface area contributed by atoms with Crippen molar-refractivity contribution in [3.8, 4) is 0 Å². The van der Waals surface area contributed by atoms with Crippen LogP contribution in [0.3, 0.4) is 0 Å².